The number of carboxylic acids is 1. The number of aliphatic carboxylic acids is 1. The predicted molar refractivity (Wildman–Crippen MR) is 69.4 cm³/mol. The number of hydrogen-bond donors (Lipinski definition) is 2. The highest BCUT2D eigenvalue weighted by Gasteiger charge is 2.02. The zero-order valence-corrected chi connectivity index (χ0v) is 10.6. The normalized spacial score (nSPS) is 10.1. The molecule has 1 aromatic rings. The highest BCUT2D eigenvalue weighted by molar-refractivity contribution is 5.76. The van der Waals surface area contributed by atoms with Crippen molar-refractivity contribution in [2.45, 2.75) is 32.6 Å². The molecule has 4 nitrogen and oxygen atoms in total. The number of nitrogens with one attached hydrogen (secondary N) is 1. The van der Waals surface area contributed by atoms with E-state index >= 15 is 0 Å². The number of carbonyl (C=O) groups excluding carboxylic acids is 1. The second-order valence-corrected chi connectivity index (χ2v) is 4.33. The first-order valence-electron chi connectivity index (χ1n) is 6.12. The molecule has 0 spiro atoms. The van der Waals surface area contributed by atoms with Crippen LogP contribution < -0.4 is 5.32 Å². The summed E-state index contributed by atoms with van der Waals surface area (Å²) < 4.78 is 0. The largest absolute Gasteiger partial charge is 0.481 e. The Bertz CT molecular complexity index is 398. The van der Waals surface area contributed by atoms with Gasteiger partial charge in [-0.1, -0.05) is 29.8 Å². The fourth-order valence-electron chi connectivity index (χ4n) is 1.61. The van der Waals surface area contributed by atoms with Crippen molar-refractivity contribution in [3.8, 4) is 0 Å². The summed E-state index contributed by atoms with van der Waals surface area (Å²) >= 11 is 0. The van der Waals surface area contributed by atoms with Gasteiger partial charge in [-0.25, -0.2) is 0 Å². The van der Waals surface area contributed by atoms with Crippen LogP contribution in [0.1, 0.15) is 30.4 Å². The fraction of sp³-hybridized carbons (Fsp3) is 0.429. The third kappa shape index (κ3) is 6.03. The molecule has 0 aliphatic carbocycles. The van der Waals surface area contributed by atoms with Gasteiger partial charge < -0.3 is 10.4 Å². The highest BCUT2D eigenvalue weighted by atomic mass is 16.4. The number of amides is 1. The molecule has 0 aliphatic heterocycles. The van der Waals surface area contributed by atoms with E-state index in [2.05, 4.69) is 29.6 Å². The van der Waals surface area contributed by atoms with Gasteiger partial charge in [0.2, 0.25) is 5.91 Å². The van der Waals surface area contributed by atoms with Crippen molar-refractivity contribution in [3.05, 3.63) is 35.4 Å². The Kier molecular flexibility index (Phi) is 5.91. The number of benzene rings is 1. The summed E-state index contributed by atoms with van der Waals surface area (Å²) in [4.78, 5) is 21.6. The molecule has 0 aromatic heterocycles. The molecule has 1 aromatic carbocycles. The fourth-order valence-corrected chi connectivity index (χ4v) is 1.61. The zero-order valence-electron chi connectivity index (χ0n) is 10.6. The van der Waals surface area contributed by atoms with Crippen LogP contribution in [-0.4, -0.2) is 23.5 Å². The monoisotopic (exact) mass is 249 g/mol. The lowest BCUT2D eigenvalue weighted by atomic mass is 10.1. The van der Waals surface area contributed by atoms with Gasteiger partial charge in [-0.15, -0.1) is 0 Å². The Morgan fingerprint density at radius 1 is 1.17 bits per heavy atom. The quantitative estimate of drug-likeness (QED) is 0.775. The first-order valence-corrected chi connectivity index (χ1v) is 6.12. The molecule has 0 saturated carbocycles. The summed E-state index contributed by atoms with van der Waals surface area (Å²) in [6.07, 6.45) is 2.06. The Morgan fingerprint density at radius 2 is 1.83 bits per heavy atom. The average molecular weight is 249 g/mol. The van der Waals surface area contributed by atoms with Crippen LogP contribution in [0.4, 0.5) is 0 Å². The lowest BCUT2D eigenvalue weighted by Gasteiger charge is -2.04. The molecule has 2 N–H and O–H groups in total. The van der Waals surface area contributed by atoms with Crippen molar-refractivity contribution in [2.75, 3.05) is 6.54 Å². The molecule has 1 amide bonds. The standard InChI is InChI=1S/C14H19NO3/c1-11-5-7-12(8-6-11)3-2-4-13(16)15-10-9-14(17)18/h5-8H,2-4,9-10H2,1H3,(H,15,16)(H,17,18). The average Bonchev–Trinajstić information content (AvgIpc) is 2.31. The van der Waals surface area contributed by atoms with E-state index in [1.165, 1.54) is 11.1 Å². The molecule has 98 valence electrons. The van der Waals surface area contributed by atoms with Crippen molar-refractivity contribution in [3.63, 3.8) is 0 Å². The molecule has 0 saturated heterocycles. The summed E-state index contributed by atoms with van der Waals surface area (Å²) in [6.45, 7) is 2.25. The molecular formula is C14H19NO3. The Balaban J connectivity index is 2.15. The molecule has 0 bridgehead atoms. The third-order valence-corrected chi connectivity index (χ3v) is 2.65. The second-order valence-electron chi connectivity index (χ2n) is 4.33. The zero-order chi connectivity index (χ0) is 13.4. The van der Waals surface area contributed by atoms with E-state index in [4.69, 9.17) is 5.11 Å². The van der Waals surface area contributed by atoms with Gasteiger partial charge in [0.25, 0.3) is 0 Å². The van der Waals surface area contributed by atoms with Crippen LogP contribution in [0.2, 0.25) is 0 Å². The summed E-state index contributed by atoms with van der Waals surface area (Å²) in [6, 6.07) is 8.25. The molecule has 0 fully saturated rings. The van der Waals surface area contributed by atoms with Crippen LogP contribution in [0, 0.1) is 6.92 Å². The van der Waals surface area contributed by atoms with Crippen LogP contribution in [0.15, 0.2) is 24.3 Å². The number of aryl methyl sites for hydroxylation is 2. The Hall–Kier alpha value is -1.84. The predicted octanol–water partition coefficient (Wildman–Crippen LogP) is 1.91. The molecule has 0 atom stereocenters. The molecular weight excluding hydrogens is 230 g/mol. The third-order valence-electron chi connectivity index (χ3n) is 2.65. The summed E-state index contributed by atoms with van der Waals surface area (Å²) in [5.41, 5.74) is 2.45. The van der Waals surface area contributed by atoms with Crippen molar-refractivity contribution in [2.24, 2.45) is 0 Å². The summed E-state index contributed by atoms with van der Waals surface area (Å²) in [5.74, 6) is -0.974. The number of rotatable bonds is 7. The lowest BCUT2D eigenvalue weighted by Crippen LogP contribution is -2.25. The second kappa shape index (κ2) is 7.48. The maximum Gasteiger partial charge on any atom is 0.305 e. The van der Waals surface area contributed by atoms with E-state index < -0.39 is 5.97 Å². The van der Waals surface area contributed by atoms with Crippen molar-refractivity contribution in [1.29, 1.82) is 0 Å². The van der Waals surface area contributed by atoms with Gasteiger partial charge in [0.15, 0.2) is 0 Å². The van der Waals surface area contributed by atoms with E-state index in [9.17, 15) is 9.59 Å². The van der Waals surface area contributed by atoms with Crippen molar-refractivity contribution < 1.29 is 14.7 Å². The van der Waals surface area contributed by atoms with Gasteiger partial charge in [-0.05, 0) is 25.3 Å². The first kappa shape index (κ1) is 14.2. The lowest BCUT2D eigenvalue weighted by molar-refractivity contribution is -0.136. The minimum absolute atomic E-state index is 0.0241. The van der Waals surface area contributed by atoms with Crippen LogP contribution in [0.5, 0.6) is 0 Å². The smallest absolute Gasteiger partial charge is 0.305 e. The molecule has 18 heavy (non-hydrogen) atoms. The van der Waals surface area contributed by atoms with Crippen molar-refractivity contribution >= 4 is 11.9 Å². The first-order chi connectivity index (χ1) is 8.58. The number of carbonyl (C=O) groups is 2. The maximum absolute atomic E-state index is 11.4. The maximum atomic E-state index is 11.4. The number of hydrogen-bond acceptors (Lipinski definition) is 2. The van der Waals surface area contributed by atoms with Gasteiger partial charge in [-0.2, -0.15) is 0 Å². The van der Waals surface area contributed by atoms with Crippen LogP contribution in [-0.2, 0) is 16.0 Å². The molecule has 0 aliphatic rings. The SMILES string of the molecule is Cc1ccc(CCCC(=O)NCCC(=O)O)cc1. The van der Waals surface area contributed by atoms with Crippen LogP contribution >= 0.6 is 0 Å². The van der Waals surface area contributed by atoms with Gasteiger partial charge in [0, 0.05) is 13.0 Å². The number of carboxylic acid groups (broad SMARTS) is 1. The van der Waals surface area contributed by atoms with Gasteiger partial charge in [0.05, 0.1) is 6.42 Å². The minimum atomic E-state index is -0.894. The van der Waals surface area contributed by atoms with Gasteiger partial charge >= 0.3 is 5.97 Å². The van der Waals surface area contributed by atoms with Crippen LogP contribution in [0.3, 0.4) is 0 Å². The van der Waals surface area contributed by atoms with E-state index in [1.54, 1.807) is 0 Å². The van der Waals surface area contributed by atoms with E-state index in [0.717, 1.165) is 12.8 Å². The van der Waals surface area contributed by atoms with E-state index in [-0.39, 0.29) is 18.9 Å². The van der Waals surface area contributed by atoms with E-state index in [1.807, 2.05) is 6.92 Å². The highest BCUT2D eigenvalue weighted by Crippen LogP contribution is 2.07. The van der Waals surface area contributed by atoms with Crippen molar-refractivity contribution in [1.82, 2.24) is 5.32 Å². The molecule has 1 rings (SSSR count). The Morgan fingerprint density at radius 3 is 2.44 bits per heavy atom. The topological polar surface area (TPSA) is 66.4 Å². The summed E-state index contributed by atoms with van der Waals surface area (Å²) in [7, 11) is 0. The van der Waals surface area contributed by atoms with Gasteiger partial charge in [0.1, 0.15) is 0 Å². The summed E-state index contributed by atoms with van der Waals surface area (Å²) in [5, 5.41) is 11.0. The molecule has 4 heteroatoms. The molecule has 0 radical (unpaired) electrons. The van der Waals surface area contributed by atoms with Crippen LogP contribution in [0.25, 0.3) is 0 Å². The minimum Gasteiger partial charge on any atom is -0.481 e. The molecule has 0 heterocycles. The molecule has 0 unspecified atom stereocenters. The van der Waals surface area contributed by atoms with E-state index in [0.29, 0.717) is 6.42 Å². The van der Waals surface area contributed by atoms with Gasteiger partial charge in [-0.3, -0.25) is 9.59 Å². The Labute approximate surface area is 107 Å².